The Labute approximate surface area is 238 Å². The first-order chi connectivity index (χ1) is 19.1. The summed E-state index contributed by atoms with van der Waals surface area (Å²) in [6, 6.07) is 30.7. The van der Waals surface area contributed by atoms with Crippen LogP contribution in [0.25, 0.3) is 22.2 Å². The van der Waals surface area contributed by atoms with Crippen LogP contribution in [0.15, 0.2) is 102 Å². The summed E-state index contributed by atoms with van der Waals surface area (Å²) < 4.78 is 17.7. The summed E-state index contributed by atoms with van der Waals surface area (Å²) in [5.74, 6) is 1.93. The van der Waals surface area contributed by atoms with Gasteiger partial charge in [0, 0.05) is 10.9 Å². The summed E-state index contributed by atoms with van der Waals surface area (Å²) >= 11 is 2.23. The van der Waals surface area contributed by atoms with Gasteiger partial charge in [0.1, 0.15) is 12.4 Å². The summed E-state index contributed by atoms with van der Waals surface area (Å²) in [5, 5.41) is 4.98. The Morgan fingerprint density at radius 1 is 0.949 bits per heavy atom. The van der Waals surface area contributed by atoms with Crippen LogP contribution < -0.4 is 19.6 Å². The molecule has 0 radical (unpaired) electrons. The van der Waals surface area contributed by atoms with Crippen molar-refractivity contribution < 1.29 is 19.0 Å². The van der Waals surface area contributed by atoms with Gasteiger partial charge in [0.2, 0.25) is 6.79 Å². The third-order valence-corrected chi connectivity index (χ3v) is 7.04. The molecule has 2 heterocycles. The molecule has 1 amide bonds. The summed E-state index contributed by atoms with van der Waals surface area (Å²) in [4.78, 5) is 17.9. The SMILES string of the molecule is O=C(N/N=C/c1ccc(OCc2ccc3c(c2)OCO3)c(I)c1)c1cc(-c2ccccc2)nc2ccccc12. The molecule has 0 spiro atoms. The van der Waals surface area contributed by atoms with Crippen LogP contribution in [0.1, 0.15) is 21.5 Å². The summed E-state index contributed by atoms with van der Waals surface area (Å²) in [7, 11) is 0. The minimum Gasteiger partial charge on any atom is -0.488 e. The molecule has 0 aliphatic carbocycles. The van der Waals surface area contributed by atoms with Gasteiger partial charge in [-0.2, -0.15) is 5.10 Å². The predicted octanol–water partition coefficient (Wildman–Crippen LogP) is 6.58. The van der Waals surface area contributed by atoms with E-state index >= 15 is 0 Å². The first kappa shape index (κ1) is 24.9. The van der Waals surface area contributed by atoms with Gasteiger partial charge in [0.25, 0.3) is 5.91 Å². The molecule has 0 saturated carbocycles. The number of nitrogens with one attached hydrogen (secondary N) is 1. The maximum atomic E-state index is 13.2. The van der Waals surface area contributed by atoms with E-state index in [4.69, 9.17) is 19.2 Å². The van der Waals surface area contributed by atoms with Crippen molar-refractivity contribution in [3.05, 3.63) is 117 Å². The molecule has 6 rings (SSSR count). The standard InChI is InChI=1S/C31H22IN3O4/c32-25-14-20(10-12-28(25)37-18-21-11-13-29-30(15-21)39-19-38-29)17-33-35-31(36)24-16-27(22-6-2-1-3-7-22)34-26-9-5-4-8-23(24)26/h1-17H,18-19H2,(H,35,36)/b33-17+. The molecule has 0 bridgehead atoms. The Morgan fingerprint density at radius 2 is 1.77 bits per heavy atom. The lowest BCUT2D eigenvalue weighted by molar-refractivity contribution is 0.0956. The molecule has 4 aromatic carbocycles. The molecule has 1 aliphatic heterocycles. The van der Waals surface area contributed by atoms with Gasteiger partial charge >= 0.3 is 0 Å². The van der Waals surface area contributed by atoms with Crippen LogP contribution in [0, 0.1) is 3.57 Å². The number of hydrogen-bond donors (Lipinski definition) is 1. The van der Waals surface area contributed by atoms with Gasteiger partial charge < -0.3 is 14.2 Å². The molecule has 0 unspecified atom stereocenters. The quantitative estimate of drug-likeness (QED) is 0.125. The first-order valence-corrected chi connectivity index (χ1v) is 13.3. The average molecular weight is 627 g/mol. The van der Waals surface area contributed by atoms with Crippen LogP contribution in [0.5, 0.6) is 17.2 Å². The molecular weight excluding hydrogens is 605 g/mol. The largest absolute Gasteiger partial charge is 0.488 e. The van der Waals surface area contributed by atoms with Crippen molar-refractivity contribution in [1.82, 2.24) is 10.4 Å². The molecule has 1 N–H and O–H groups in total. The number of hydrogen-bond acceptors (Lipinski definition) is 6. The average Bonchev–Trinajstić information content (AvgIpc) is 3.44. The number of pyridine rings is 1. The minimum atomic E-state index is -0.305. The normalized spacial score (nSPS) is 12.1. The number of amides is 1. The van der Waals surface area contributed by atoms with E-state index in [0.717, 1.165) is 54.1 Å². The number of hydrazone groups is 1. The van der Waals surface area contributed by atoms with Crippen molar-refractivity contribution in [1.29, 1.82) is 0 Å². The Bertz CT molecular complexity index is 1710. The molecule has 1 aromatic heterocycles. The number of carbonyl (C=O) groups is 1. The number of rotatable bonds is 7. The highest BCUT2D eigenvalue weighted by Crippen LogP contribution is 2.33. The fourth-order valence-electron chi connectivity index (χ4n) is 4.25. The maximum absolute atomic E-state index is 13.2. The maximum Gasteiger partial charge on any atom is 0.272 e. The second kappa shape index (κ2) is 11.1. The van der Waals surface area contributed by atoms with Crippen LogP contribution in [-0.4, -0.2) is 23.9 Å². The number of fused-ring (bicyclic) bond motifs is 2. The van der Waals surface area contributed by atoms with E-state index in [0.29, 0.717) is 12.2 Å². The third kappa shape index (κ3) is 5.56. The van der Waals surface area contributed by atoms with Crippen molar-refractivity contribution in [2.45, 2.75) is 6.61 Å². The lowest BCUT2D eigenvalue weighted by atomic mass is 10.0. The zero-order chi connectivity index (χ0) is 26.6. The Kier molecular flexibility index (Phi) is 7.09. The van der Waals surface area contributed by atoms with Gasteiger partial charge in [-0.15, -0.1) is 0 Å². The number of aromatic nitrogens is 1. The molecule has 0 saturated heterocycles. The molecule has 8 heteroatoms. The van der Waals surface area contributed by atoms with Crippen molar-refractivity contribution in [3.8, 4) is 28.5 Å². The fraction of sp³-hybridized carbons (Fsp3) is 0.0645. The van der Waals surface area contributed by atoms with Gasteiger partial charge in [-0.1, -0.05) is 54.6 Å². The number of para-hydroxylation sites is 1. The smallest absolute Gasteiger partial charge is 0.272 e. The molecule has 0 atom stereocenters. The summed E-state index contributed by atoms with van der Waals surface area (Å²) in [5.41, 5.74) is 7.42. The second-order valence-corrected chi connectivity index (χ2v) is 9.97. The molecule has 192 valence electrons. The number of nitrogens with zero attached hydrogens (tertiary/aromatic N) is 2. The van der Waals surface area contributed by atoms with Crippen LogP contribution in [0.3, 0.4) is 0 Å². The highest BCUT2D eigenvalue weighted by Gasteiger charge is 2.15. The number of ether oxygens (including phenoxy) is 3. The highest BCUT2D eigenvalue weighted by atomic mass is 127. The Balaban J connectivity index is 1.14. The zero-order valence-corrected chi connectivity index (χ0v) is 22.8. The van der Waals surface area contributed by atoms with E-state index in [2.05, 4.69) is 33.1 Å². The van der Waals surface area contributed by atoms with Crippen molar-refractivity contribution in [2.24, 2.45) is 5.10 Å². The Hall–Kier alpha value is -4.44. The summed E-state index contributed by atoms with van der Waals surface area (Å²) in [6.07, 6.45) is 1.61. The fourth-order valence-corrected chi connectivity index (χ4v) is 4.95. The monoisotopic (exact) mass is 627 g/mol. The van der Waals surface area contributed by atoms with Crippen LogP contribution in [0.4, 0.5) is 0 Å². The van der Waals surface area contributed by atoms with Gasteiger partial charge in [-0.3, -0.25) is 4.79 Å². The number of carbonyl (C=O) groups excluding carboxylic acids is 1. The van der Waals surface area contributed by atoms with Gasteiger partial charge in [0.15, 0.2) is 11.5 Å². The number of halogens is 1. The zero-order valence-electron chi connectivity index (χ0n) is 20.6. The van der Waals surface area contributed by atoms with Gasteiger partial charge in [-0.25, -0.2) is 10.4 Å². The molecule has 39 heavy (non-hydrogen) atoms. The molecular formula is C31H22IN3O4. The summed E-state index contributed by atoms with van der Waals surface area (Å²) in [6.45, 7) is 0.649. The lowest BCUT2D eigenvalue weighted by Gasteiger charge is -2.10. The third-order valence-electron chi connectivity index (χ3n) is 6.20. The minimum absolute atomic E-state index is 0.245. The Morgan fingerprint density at radius 3 is 2.64 bits per heavy atom. The van der Waals surface area contributed by atoms with Crippen LogP contribution in [0.2, 0.25) is 0 Å². The van der Waals surface area contributed by atoms with Gasteiger partial charge in [-0.05, 0) is 76.2 Å². The van der Waals surface area contributed by atoms with E-state index in [1.165, 1.54) is 0 Å². The lowest BCUT2D eigenvalue weighted by Crippen LogP contribution is -2.18. The molecule has 7 nitrogen and oxygen atoms in total. The molecule has 1 aliphatic rings. The first-order valence-electron chi connectivity index (χ1n) is 12.2. The van der Waals surface area contributed by atoms with E-state index < -0.39 is 0 Å². The van der Waals surface area contributed by atoms with Crippen molar-refractivity contribution in [3.63, 3.8) is 0 Å². The van der Waals surface area contributed by atoms with Crippen molar-refractivity contribution in [2.75, 3.05) is 6.79 Å². The van der Waals surface area contributed by atoms with Crippen LogP contribution >= 0.6 is 22.6 Å². The van der Waals surface area contributed by atoms with E-state index in [-0.39, 0.29) is 12.7 Å². The van der Waals surface area contributed by atoms with Gasteiger partial charge in [0.05, 0.1) is 26.6 Å². The number of benzene rings is 4. The van der Waals surface area contributed by atoms with E-state index in [1.807, 2.05) is 91.0 Å². The van der Waals surface area contributed by atoms with E-state index in [1.54, 1.807) is 12.3 Å². The van der Waals surface area contributed by atoms with Crippen LogP contribution in [-0.2, 0) is 6.61 Å². The second-order valence-electron chi connectivity index (χ2n) is 8.80. The van der Waals surface area contributed by atoms with E-state index in [9.17, 15) is 4.79 Å². The highest BCUT2D eigenvalue weighted by molar-refractivity contribution is 14.1. The molecule has 0 fully saturated rings. The molecule has 5 aromatic rings. The predicted molar refractivity (Wildman–Crippen MR) is 158 cm³/mol. The van der Waals surface area contributed by atoms with Crippen molar-refractivity contribution >= 4 is 45.6 Å². The topological polar surface area (TPSA) is 82.0 Å².